The van der Waals surface area contributed by atoms with Gasteiger partial charge in [0.2, 0.25) is 0 Å². The van der Waals surface area contributed by atoms with E-state index in [9.17, 15) is 4.79 Å². The summed E-state index contributed by atoms with van der Waals surface area (Å²) >= 11 is 0. The third-order valence-electron chi connectivity index (χ3n) is 4.33. The zero-order chi connectivity index (χ0) is 17.2. The monoisotopic (exact) mass is 340 g/mol. The first kappa shape index (κ1) is 15.9. The van der Waals surface area contributed by atoms with Crippen molar-refractivity contribution in [1.82, 2.24) is 29.0 Å². The standard InChI is InChI=1S/C17H20N6O2/c1-13-2-3-16-20-14(6-17(24)23(16)7-13)8-21-4-5-25-15(9-21)10-22-12-18-11-19-22/h2-3,6-7,11-12,15H,4-5,8-10H2,1H3/t15-/m1/s1. The van der Waals surface area contributed by atoms with E-state index in [1.807, 2.05) is 25.3 Å². The van der Waals surface area contributed by atoms with Gasteiger partial charge in [0.05, 0.1) is 24.9 Å². The number of fused-ring (bicyclic) bond motifs is 1. The summed E-state index contributed by atoms with van der Waals surface area (Å²) in [6.07, 6.45) is 5.09. The average molecular weight is 340 g/mol. The summed E-state index contributed by atoms with van der Waals surface area (Å²) in [7, 11) is 0. The Morgan fingerprint density at radius 2 is 2.28 bits per heavy atom. The fraction of sp³-hybridized carbons (Fsp3) is 0.412. The Labute approximate surface area is 144 Å². The van der Waals surface area contributed by atoms with Gasteiger partial charge in [-0.15, -0.1) is 0 Å². The van der Waals surface area contributed by atoms with E-state index in [0.29, 0.717) is 25.3 Å². The zero-order valence-corrected chi connectivity index (χ0v) is 14.1. The van der Waals surface area contributed by atoms with Gasteiger partial charge in [-0.1, -0.05) is 6.07 Å². The zero-order valence-electron chi connectivity index (χ0n) is 14.1. The Balaban J connectivity index is 1.48. The topological polar surface area (TPSA) is 77.6 Å². The third kappa shape index (κ3) is 3.59. The van der Waals surface area contributed by atoms with E-state index in [0.717, 1.165) is 24.3 Å². The molecular weight excluding hydrogens is 320 g/mol. The number of morpholine rings is 1. The second-order valence-corrected chi connectivity index (χ2v) is 6.37. The molecule has 3 aromatic rings. The summed E-state index contributed by atoms with van der Waals surface area (Å²) in [5, 5.41) is 4.12. The molecule has 1 saturated heterocycles. The van der Waals surface area contributed by atoms with Crippen LogP contribution in [0.5, 0.6) is 0 Å². The molecule has 1 aliphatic rings. The summed E-state index contributed by atoms with van der Waals surface area (Å²) in [6.45, 7) is 5.52. The summed E-state index contributed by atoms with van der Waals surface area (Å²) < 4.78 is 9.17. The molecule has 0 unspecified atom stereocenters. The van der Waals surface area contributed by atoms with E-state index in [1.54, 1.807) is 21.5 Å². The molecule has 0 spiro atoms. The molecule has 0 N–H and O–H groups in total. The minimum absolute atomic E-state index is 0.0453. The number of ether oxygens (including phenoxy) is 1. The van der Waals surface area contributed by atoms with E-state index < -0.39 is 0 Å². The van der Waals surface area contributed by atoms with Crippen molar-refractivity contribution in [3.8, 4) is 0 Å². The minimum Gasteiger partial charge on any atom is -0.374 e. The van der Waals surface area contributed by atoms with Gasteiger partial charge < -0.3 is 4.74 Å². The Morgan fingerprint density at radius 3 is 3.12 bits per heavy atom. The van der Waals surface area contributed by atoms with Crippen LogP contribution in [0.1, 0.15) is 11.3 Å². The van der Waals surface area contributed by atoms with Crippen molar-refractivity contribution in [2.75, 3.05) is 19.7 Å². The number of hydrogen-bond donors (Lipinski definition) is 0. The van der Waals surface area contributed by atoms with Crippen LogP contribution in [0.4, 0.5) is 0 Å². The molecule has 1 atom stereocenters. The molecular formula is C17H20N6O2. The van der Waals surface area contributed by atoms with Gasteiger partial charge in [0, 0.05) is 31.9 Å². The molecule has 0 aliphatic carbocycles. The highest BCUT2D eigenvalue weighted by Gasteiger charge is 2.21. The lowest BCUT2D eigenvalue weighted by atomic mass is 10.2. The highest BCUT2D eigenvalue weighted by molar-refractivity contribution is 5.39. The predicted molar refractivity (Wildman–Crippen MR) is 91.2 cm³/mol. The summed E-state index contributed by atoms with van der Waals surface area (Å²) in [5.74, 6) is 0. The van der Waals surface area contributed by atoms with Gasteiger partial charge in [0.25, 0.3) is 5.56 Å². The molecule has 1 aliphatic heterocycles. The lowest BCUT2D eigenvalue weighted by Crippen LogP contribution is -2.44. The fourth-order valence-electron chi connectivity index (χ4n) is 3.14. The van der Waals surface area contributed by atoms with E-state index >= 15 is 0 Å². The molecule has 0 amide bonds. The molecule has 1 fully saturated rings. The SMILES string of the molecule is Cc1ccc2nc(CN3CCO[C@@H](Cn4cncn4)C3)cc(=O)n2c1. The predicted octanol–water partition coefficient (Wildman–Crippen LogP) is 0.495. The second-order valence-electron chi connectivity index (χ2n) is 6.37. The molecule has 0 radical (unpaired) electrons. The highest BCUT2D eigenvalue weighted by Crippen LogP contribution is 2.11. The van der Waals surface area contributed by atoms with Gasteiger partial charge in [0.1, 0.15) is 18.3 Å². The van der Waals surface area contributed by atoms with Crippen molar-refractivity contribution >= 4 is 5.65 Å². The van der Waals surface area contributed by atoms with Crippen molar-refractivity contribution in [3.05, 3.63) is 58.7 Å². The van der Waals surface area contributed by atoms with Crippen molar-refractivity contribution in [2.45, 2.75) is 26.1 Å². The van der Waals surface area contributed by atoms with Crippen LogP contribution in [-0.2, 0) is 17.8 Å². The van der Waals surface area contributed by atoms with Crippen LogP contribution in [0.25, 0.3) is 5.65 Å². The van der Waals surface area contributed by atoms with Crippen LogP contribution in [0.2, 0.25) is 0 Å². The number of nitrogens with zero attached hydrogens (tertiary/aromatic N) is 6. The van der Waals surface area contributed by atoms with Crippen LogP contribution < -0.4 is 5.56 Å². The van der Waals surface area contributed by atoms with Gasteiger partial charge in [-0.2, -0.15) is 5.10 Å². The summed E-state index contributed by atoms with van der Waals surface area (Å²) in [4.78, 5) is 23.2. The van der Waals surface area contributed by atoms with Gasteiger partial charge in [0.15, 0.2) is 0 Å². The molecule has 3 aromatic heterocycles. The Bertz CT molecular complexity index is 921. The fourth-order valence-corrected chi connectivity index (χ4v) is 3.14. The molecule has 8 nitrogen and oxygen atoms in total. The van der Waals surface area contributed by atoms with Gasteiger partial charge >= 0.3 is 0 Å². The number of aromatic nitrogens is 5. The first-order valence-corrected chi connectivity index (χ1v) is 8.33. The van der Waals surface area contributed by atoms with Crippen LogP contribution >= 0.6 is 0 Å². The maximum absolute atomic E-state index is 12.3. The van der Waals surface area contributed by atoms with Crippen molar-refractivity contribution < 1.29 is 4.74 Å². The number of aryl methyl sites for hydroxylation is 1. The van der Waals surface area contributed by atoms with Crippen LogP contribution in [0.15, 0.2) is 41.8 Å². The normalized spacial score (nSPS) is 18.7. The molecule has 4 heterocycles. The van der Waals surface area contributed by atoms with E-state index in [4.69, 9.17) is 4.74 Å². The minimum atomic E-state index is -0.0453. The number of hydrogen-bond acceptors (Lipinski definition) is 6. The van der Waals surface area contributed by atoms with Crippen molar-refractivity contribution in [1.29, 1.82) is 0 Å². The second kappa shape index (κ2) is 6.73. The van der Waals surface area contributed by atoms with E-state index in [-0.39, 0.29) is 11.7 Å². The molecule has 0 bridgehead atoms. The molecule has 0 saturated carbocycles. The smallest absolute Gasteiger partial charge is 0.258 e. The maximum Gasteiger partial charge on any atom is 0.258 e. The molecule has 130 valence electrons. The largest absolute Gasteiger partial charge is 0.374 e. The molecule has 0 aromatic carbocycles. The van der Waals surface area contributed by atoms with E-state index in [2.05, 4.69) is 20.0 Å². The molecule has 25 heavy (non-hydrogen) atoms. The van der Waals surface area contributed by atoms with Gasteiger partial charge in [-0.05, 0) is 18.6 Å². The quantitative estimate of drug-likeness (QED) is 0.688. The molecule has 4 rings (SSSR count). The van der Waals surface area contributed by atoms with Crippen LogP contribution in [0, 0.1) is 6.92 Å². The first-order chi connectivity index (χ1) is 12.2. The number of pyridine rings is 1. The summed E-state index contributed by atoms with van der Waals surface area (Å²) in [5.41, 5.74) is 2.46. The lowest BCUT2D eigenvalue weighted by molar-refractivity contribution is -0.0405. The highest BCUT2D eigenvalue weighted by atomic mass is 16.5. The van der Waals surface area contributed by atoms with Crippen LogP contribution in [-0.4, -0.2) is 54.8 Å². The molecule has 8 heteroatoms. The maximum atomic E-state index is 12.3. The Kier molecular flexibility index (Phi) is 4.29. The number of rotatable bonds is 4. The Hall–Kier alpha value is -2.58. The average Bonchev–Trinajstić information content (AvgIpc) is 3.09. The van der Waals surface area contributed by atoms with Crippen molar-refractivity contribution in [2.24, 2.45) is 0 Å². The summed E-state index contributed by atoms with van der Waals surface area (Å²) in [6, 6.07) is 5.47. The van der Waals surface area contributed by atoms with E-state index in [1.165, 1.54) is 6.33 Å². The lowest BCUT2D eigenvalue weighted by Gasteiger charge is -2.32. The Morgan fingerprint density at radius 1 is 1.36 bits per heavy atom. The van der Waals surface area contributed by atoms with Gasteiger partial charge in [-0.25, -0.2) is 9.97 Å². The van der Waals surface area contributed by atoms with Crippen LogP contribution in [0.3, 0.4) is 0 Å². The first-order valence-electron chi connectivity index (χ1n) is 8.33. The van der Waals surface area contributed by atoms with Gasteiger partial charge in [-0.3, -0.25) is 18.8 Å². The van der Waals surface area contributed by atoms with Crippen molar-refractivity contribution in [3.63, 3.8) is 0 Å². The third-order valence-corrected chi connectivity index (χ3v) is 4.33.